The van der Waals surface area contributed by atoms with Crippen molar-refractivity contribution in [1.82, 2.24) is 10.2 Å². The number of alkyl halides is 3. The van der Waals surface area contributed by atoms with Gasteiger partial charge in [-0.25, -0.2) is 4.79 Å². The molecule has 1 aliphatic rings. The van der Waals surface area contributed by atoms with Gasteiger partial charge in [0.25, 0.3) is 0 Å². The van der Waals surface area contributed by atoms with Gasteiger partial charge >= 0.3 is 12.2 Å². The van der Waals surface area contributed by atoms with Crippen LogP contribution >= 0.6 is 0 Å². The Kier molecular flexibility index (Phi) is 6.30. The van der Waals surface area contributed by atoms with Gasteiger partial charge in [-0.2, -0.15) is 13.2 Å². The molecule has 1 heterocycles. The van der Waals surface area contributed by atoms with Crippen LogP contribution in [0.15, 0.2) is 24.3 Å². The molecule has 0 atom stereocenters. The molecule has 24 heavy (non-hydrogen) atoms. The molecule has 134 valence electrons. The fourth-order valence-electron chi connectivity index (χ4n) is 2.57. The Morgan fingerprint density at radius 3 is 2.58 bits per heavy atom. The number of anilines is 1. The molecular weight excluding hydrogens is 323 g/mol. The first-order valence-corrected chi connectivity index (χ1v) is 7.86. The maximum atomic E-state index is 12.8. The zero-order valence-electron chi connectivity index (χ0n) is 13.6. The number of methoxy groups -OCH3 is 1. The van der Waals surface area contributed by atoms with E-state index in [1.54, 1.807) is 18.1 Å². The summed E-state index contributed by atoms with van der Waals surface area (Å²) in [7, 11) is 1.61. The van der Waals surface area contributed by atoms with Crippen molar-refractivity contribution in [2.24, 2.45) is 0 Å². The minimum atomic E-state index is -4.35. The number of rotatable bonds is 5. The van der Waals surface area contributed by atoms with Gasteiger partial charge in [0.15, 0.2) is 0 Å². The molecule has 0 radical (unpaired) electrons. The Bertz CT molecular complexity index is 544. The predicted octanol–water partition coefficient (Wildman–Crippen LogP) is 2.57. The van der Waals surface area contributed by atoms with Gasteiger partial charge < -0.3 is 19.9 Å². The number of hydrogen-bond acceptors (Lipinski definition) is 3. The van der Waals surface area contributed by atoms with E-state index in [4.69, 9.17) is 4.74 Å². The third-order valence-electron chi connectivity index (χ3n) is 3.91. The Morgan fingerprint density at radius 1 is 1.25 bits per heavy atom. The third kappa shape index (κ3) is 5.02. The van der Waals surface area contributed by atoms with Crippen LogP contribution in [-0.4, -0.2) is 57.4 Å². The average Bonchev–Trinajstić information content (AvgIpc) is 2.58. The second-order valence-corrected chi connectivity index (χ2v) is 5.60. The second-order valence-electron chi connectivity index (χ2n) is 5.60. The fourth-order valence-corrected chi connectivity index (χ4v) is 2.57. The summed E-state index contributed by atoms with van der Waals surface area (Å²) in [4.78, 5) is 15.5. The van der Waals surface area contributed by atoms with Gasteiger partial charge in [0.2, 0.25) is 0 Å². The molecule has 1 fully saturated rings. The Balaban J connectivity index is 1.85. The van der Waals surface area contributed by atoms with Crippen molar-refractivity contribution in [2.45, 2.75) is 12.6 Å². The first kappa shape index (κ1) is 18.4. The highest BCUT2D eigenvalue weighted by atomic mass is 19.4. The Hall–Kier alpha value is -1.96. The maximum absolute atomic E-state index is 12.8. The van der Waals surface area contributed by atoms with Crippen LogP contribution in [0.4, 0.5) is 23.7 Å². The van der Waals surface area contributed by atoms with Crippen LogP contribution in [0.2, 0.25) is 0 Å². The first-order chi connectivity index (χ1) is 11.4. The van der Waals surface area contributed by atoms with Crippen molar-refractivity contribution in [3.8, 4) is 0 Å². The van der Waals surface area contributed by atoms with E-state index in [0.717, 1.165) is 18.6 Å². The number of benzene rings is 1. The number of carbonyl (C=O) groups excluding carboxylic acids is 1. The number of carbonyl (C=O) groups is 1. The molecule has 8 heteroatoms. The number of amides is 2. The van der Waals surface area contributed by atoms with Gasteiger partial charge in [-0.1, -0.05) is 6.07 Å². The number of halogens is 3. The normalized spacial score (nSPS) is 15.5. The van der Waals surface area contributed by atoms with E-state index < -0.39 is 11.7 Å². The van der Waals surface area contributed by atoms with Crippen LogP contribution in [-0.2, 0) is 10.9 Å². The van der Waals surface area contributed by atoms with E-state index >= 15 is 0 Å². The van der Waals surface area contributed by atoms with Crippen LogP contribution in [0, 0.1) is 0 Å². The van der Waals surface area contributed by atoms with E-state index in [1.165, 1.54) is 6.07 Å². The molecule has 0 aliphatic carbocycles. The van der Waals surface area contributed by atoms with Crippen LogP contribution in [0.3, 0.4) is 0 Å². The zero-order valence-corrected chi connectivity index (χ0v) is 13.6. The lowest BCUT2D eigenvalue weighted by Crippen LogP contribution is -2.52. The molecule has 1 N–H and O–H groups in total. The van der Waals surface area contributed by atoms with E-state index in [1.807, 2.05) is 4.90 Å². The van der Waals surface area contributed by atoms with Gasteiger partial charge in [-0.05, 0) is 24.6 Å². The summed E-state index contributed by atoms with van der Waals surface area (Å²) in [5.74, 6) is 0. The summed E-state index contributed by atoms with van der Waals surface area (Å²) in [6, 6.07) is 5.14. The standard InChI is InChI=1S/C16H22F3N3O2/c1-24-11-3-6-20-15(23)22-9-7-21(8-10-22)14-5-2-4-13(12-14)16(17,18)19/h2,4-5,12H,3,6-11H2,1H3,(H,20,23). The molecule has 0 saturated carbocycles. The minimum absolute atomic E-state index is 0.144. The SMILES string of the molecule is COCCCNC(=O)N1CCN(c2cccc(C(F)(F)F)c2)CC1. The van der Waals surface area contributed by atoms with Crippen molar-refractivity contribution in [1.29, 1.82) is 0 Å². The molecule has 0 unspecified atom stereocenters. The van der Waals surface area contributed by atoms with Crippen molar-refractivity contribution in [2.75, 3.05) is 51.3 Å². The highest BCUT2D eigenvalue weighted by molar-refractivity contribution is 5.74. The van der Waals surface area contributed by atoms with Crippen molar-refractivity contribution in [3.63, 3.8) is 0 Å². The largest absolute Gasteiger partial charge is 0.416 e. The van der Waals surface area contributed by atoms with Crippen LogP contribution < -0.4 is 10.2 Å². The topological polar surface area (TPSA) is 44.8 Å². The molecule has 1 saturated heterocycles. The molecule has 1 aromatic rings. The summed E-state index contributed by atoms with van der Waals surface area (Å²) in [6.07, 6.45) is -3.60. The molecule has 0 spiro atoms. The van der Waals surface area contributed by atoms with E-state index in [2.05, 4.69) is 5.32 Å². The first-order valence-electron chi connectivity index (χ1n) is 7.86. The number of ether oxygens (including phenoxy) is 1. The van der Waals surface area contributed by atoms with Gasteiger partial charge in [-0.15, -0.1) is 0 Å². The fraction of sp³-hybridized carbons (Fsp3) is 0.562. The van der Waals surface area contributed by atoms with Crippen LogP contribution in [0.1, 0.15) is 12.0 Å². The molecule has 0 aromatic heterocycles. The summed E-state index contributed by atoms with van der Waals surface area (Å²) < 4.78 is 43.3. The summed E-state index contributed by atoms with van der Waals surface area (Å²) in [6.45, 7) is 3.10. The average molecular weight is 345 g/mol. The summed E-state index contributed by atoms with van der Waals surface area (Å²) in [5, 5.41) is 2.81. The number of nitrogens with one attached hydrogen (secondary N) is 1. The quantitative estimate of drug-likeness (QED) is 0.835. The lowest BCUT2D eigenvalue weighted by atomic mass is 10.1. The van der Waals surface area contributed by atoms with Crippen LogP contribution in [0.5, 0.6) is 0 Å². The number of urea groups is 1. The number of piperazine rings is 1. The van der Waals surface area contributed by atoms with Gasteiger partial charge in [0.05, 0.1) is 5.56 Å². The molecule has 5 nitrogen and oxygen atoms in total. The summed E-state index contributed by atoms with van der Waals surface area (Å²) >= 11 is 0. The van der Waals surface area contributed by atoms with E-state index in [9.17, 15) is 18.0 Å². The van der Waals surface area contributed by atoms with Crippen LogP contribution in [0.25, 0.3) is 0 Å². The van der Waals surface area contributed by atoms with Crippen molar-refractivity contribution < 1.29 is 22.7 Å². The van der Waals surface area contributed by atoms with Gasteiger partial charge in [-0.3, -0.25) is 0 Å². The molecule has 1 aromatic carbocycles. The smallest absolute Gasteiger partial charge is 0.385 e. The predicted molar refractivity (Wildman–Crippen MR) is 85.1 cm³/mol. The van der Waals surface area contributed by atoms with Gasteiger partial charge in [0.1, 0.15) is 0 Å². The zero-order chi connectivity index (χ0) is 17.6. The molecule has 0 bridgehead atoms. The maximum Gasteiger partial charge on any atom is 0.416 e. The Labute approximate surface area is 139 Å². The monoisotopic (exact) mass is 345 g/mol. The molecule has 1 aliphatic heterocycles. The highest BCUT2D eigenvalue weighted by Gasteiger charge is 2.31. The van der Waals surface area contributed by atoms with E-state index in [-0.39, 0.29) is 6.03 Å². The lowest BCUT2D eigenvalue weighted by Gasteiger charge is -2.36. The highest BCUT2D eigenvalue weighted by Crippen LogP contribution is 2.31. The van der Waals surface area contributed by atoms with Crippen molar-refractivity contribution in [3.05, 3.63) is 29.8 Å². The van der Waals surface area contributed by atoms with Crippen molar-refractivity contribution >= 4 is 11.7 Å². The molecule has 2 rings (SSSR count). The second kappa shape index (κ2) is 8.23. The summed E-state index contributed by atoms with van der Waals surface area (Å²) in [5.41, 5.74) is -0.122. The third-order valence-corrected chi connectivity index (χ3v) is 3.91. The Morgan fingerprint density at radius 2 is 1.96 bits per heavy atom. The van der Waals surface area contributed by atoms with E-state index in [0.29, 0.717) is 45.0 Å². The number of hydrogen-bond donors (Lipinski definition) is 1. The number of nitrogens with zero attached hydrogens (tertiary/aromatic N) is 2. The minimum Gasteiger partial charge on any atom is -0.385 e. The lowest BCUT2D eigenvalue weighted by molar-refractivity contribution is -0.137. The molecular formula is C16H22F3N3O2. The van der Waals surface area contributed by atoms with Gasteiger partial charge in [0, 0.05) is 52.1 Å². The molecule has 2 amide bonds.